The maximum absolute atomic E-state index is 6.01. The molecule has 0 amide bonds. The second-order valence-electron chi connectivity index (χ2n) is 19.9. The average molecular weight is 895 g/mol. The Morgan fingerprint density at radius 2 is 0.919 bits per heavy atom. The summed E-state index contributed by atoms with van der Waals surface area (Å²) in [4.78, 5) is 0. The van der Waals surface area contributed by atoms with E-state index in [9.17, 15) is 0 Å². The molecule has 0 saturated carbocycles. The van der Waals surface area contributed by atoms with Gasteiger partial charge >= 0.3 is 0 Å². The van der Waals surface area contributed by atoms with Gasteiger partial charge in [-0.15, -0.1) is 0 Å². The van der Waals surface area contributed by atoms with E-state index in [2.05, 4.69) is 55.4 Å². The summed E-state index contributed by atoms with van der Waals surface area (Å²) < 4.78 is 77.2. The van der Waals surface area contributed by atoms with Crippen molar-refractivity contribution in [2.45, 2.75) is 144 Å². The number of ether oxygens (including phenoxy) is 14. The van der Waals surface area contributed by atoms with E-state index in [-0.39, 0.29) is 11.5 Å². The van der Waals surface area contributed by atoms with Crippen LogP contribution in [0.15, 0.2) is 0 Å². The highest BCUT2D eigenvalue weighted by molar-refractivity contribution is 4.72. The Morgan fingerprint density at radius 3 is 1.40 bits per heavy atom. The maximum atomic E-state index is 6.01. The van der Waals surface area contributed by atoms with Gasteiger partial charge in [0.25, 0.3) is 0 Å². The zero-order valence-corrected chi connectivity index (χ0v) is 41.1. The molecular weight excluding hydrogens is 801 g/mol. The van der Waals surface area contributed by atoms with Gasteiger partial charge in [0.2, 0.25) is 0 Å². The van der Waals surface area contributed by atoms with Crippen molar-refractivity contribution in [1.82, 2.24) is 0 Å². The van der Waals surface area contributed by atoms with Crippen LogP contribution in [0.3, 0.4) is 0 Å². The third kappa shape index (κ3) is 42.1. The lowest BCUT2D eigenvalue weighted by molar-refractivity contribution is -0.0675. The zero-order valence-electron chi connectivity index (χ0n) is 41.1. The molecule has 0 aromatic rings. The summed E-state index contributed by atoms with van der Waals surface area (Å²) in [6, 6.07) is 0. The summed E-state index contributed by atoms with van der Waals surface area (Å²) in [5.74, 6) is 1.07. The van der Waals surface area contributed by atoms with Crippen molar-refractivity contribution in [1.29, 1.82) is 0 Å². The molecule has 370 valence electrons. The molecule has 4 heterocycles. The fraction of sp³-hybridized carbons (Fsp3) is 1.00. The molecule has 6 unspecified atom stereocenters. The molecule has 62 heavy (non-hydrogen) atoms. The van der Waals surface area contributed by atoms with Crippen molar-refractivity contribution in [2.24, 2.45) is 22.7 Å². The summed E-state index contributed by atoms with van der Waals surface area (Å²) >= 11 is 0. The standard InChI is InChI=1S/C26H50O8.C12H24O3.C10H20O3/c1-26(2,3)9-18-29-11-5-14-31-20-25(32-15-6-12-28-17-8-24-22-34-24)19-30-13-4-10-27-16-7-23-21-33-23;1-10(2)5-13-8-12(3,4)9-14-6-11-7-15-11;1-8(2)12-5-9(3)4-11-6-10-7-13-10/h23-25H,4-22H2,1-3H3;10-11H,5-9H2,1-4H3;8-10H,4-7H2,1-3H3. The molecule has 14 heteroatoms. The highest BCUT2D eigenvalue weighted by Gasteiger charge is 2.26. The molecule has 4 aliphatic heterocycles. The highest BCUT2D eigenvalue weighted by atomic mass is 16.6. The van der Waals surface area contributed by atoms with Crippen LogP contribution in [0, 0.1) is 22.7 Å². The Balaban J connectivity index is 0.000000385. The van der Waals surface area contributed by atoms with Crippen molar-refractivity contribution < 1.29 is 66.3 Å². The average Bonchev–Trinajstić information content (AvgIpc) is 3.97. The summed E-state index contributed by atoms with van der Waals surface area (Å²) in [5.41, 5.74) is 0.416. The molecule has 0 spiro atoms. The summed E-state index contributed by atoms with van der Waals surface area (Å²) in [7, 11) is 0. The SMILES string of the molecule is CC(C)(C)CCOCCCOCC(COCCCOCCC1CO1)OCCCOCCC1CO1.CC(C)COCC(C)(C)COCC1CO1.CC(COCC1CO1)COC(C)C. The van der Waals surface area contributed by atoms with Crippen LogP contribution in [0.2, 0.25) is 0 Å². The minimum Gasteiger partial charge on any atom is -0.381 e. The lowest BCUT2D eigenvalue weighted by Gasteiger charge is -2.24. The van der Waals surface area contributed by atoms with Gasteiger partial charge in [0.15, 0.2) is 0 Å². The summed E-state index contributed by atoms with van der Waals surface area (Å²) in [6.45, 7) is 37.9. The smallest absolute Gasteiger partial charge is 0.104 e. The van der Waals surface area contributed by atoms with Crippen molar-refractivity contribution >= 4 is 0 Å². The fourth-order valence-electron chi connectivity index (χ4n) is 5.31. The molecule has 0 N–H and O–H groups in total. The largest absolute Gasteiger partial charge is 0.381 e. The van der Waals surface area contributed by atoms with Gasteiger partial charge in [-0.05, 0) is 63.7 Å². The van der Waals surface area contributed by atoms with E-state index in [1.807, 2.05) is 13.8 Å². The molecule has 14 nitrogen and oxygen atoms in total. The summed E-state index contributed by atoms with van der Waals surface area (Å²) in [6.07, 6.45) is 7.51. The highest BCUT2D eigenvalue weighted by Crippen LogP contribution is 2.19. The molecule has 6 atom stereocenters. The van der Waals surface area contributed by atoms with Crippen molar-refractivity contribution in [3.8, 4) is 0 Å². The van der Waals surface area contributed by atoms with Gasteiger partial charge in [0, 0.05) is 77.4 Å². The molecule has 0 aromatic carbocycles. The lowest BCUT2D eigenvalue weighted by atomic mass is 9.93. The lowest BCUT2D eigenvalue weighted by Crippen LogP contribution is -2.27. The first kappa shape index (κ1) is 57.6. The molecule has 4 aliphatic rings. The third-order valence-electron chi connectivity index (χ3n) is 9.48. The molecule has 0 bridgehead atoms. The Bertz CT molecular complexity index is 985. The number of hydrogen-bond donors (Lipinski definition) is 0. The van der Waals surface area contributed by atoms with Crippen molar-refractivity contribution in [3.05, 3.63) is 0 Å². The molecule has 0 aromatic heterocycles. The first-order valence-corrected chi connectivity index (χ1v) is 24.0. The monoisotopic (exact) mass is 895 g/mol. The van der Waals surface area contributed by atoms with Crippen LogP contribution >= 0.6 is 0 Å². The predicted octanol–water partition coefficient (Wildman–Crippen LogP) is 7.20. The summed E-state index contributed by atoms with van der Waals surface area (Å²) in [5, 5.41) is 0. The van der Waals surface area contributed by atoms with Crippen LogP contribution in [0.5, 0.6) is 0 Å². The van der Waals surface area contributed by atoms with Gasteiger partial charge in [-0.1, -0.05) is 55.4 Å². The Labute approximate surface area is 377 Å². The van der Waals surface area contributed by atoms with Crippen molar-refractivity contribution in [3.63, 3.8) is 0 Å². The molecule has 0 radical (unpaired) electrons. The number of rotatable bonds is 40. The van der Waals surface area contributed by atoms with E-state index in [0.717, 1.165) is 138 Å². The van der Waals surface area contributed by atoms with Crippen LogP contribution in [0.25, 0.3) is 0 Å². The minimum atomic E-state index is -0.0744. The maximum Gasteiger partial charge on any atom is 0.104 e. The fourth-order valence-corrected chi connectivity index (χ4v) is 5.31. The quantitative estimate of drug-likeness (QED) is 0.0452. The van der Waals surface area contributed by atoms with Crippen LogP contribution in [0.4, 0.5) is 0 Å². The van der Waals surface area contributed by atoms with E-state index < -0.39 is 0 Å². The van der Waals surface area contributed by atoms with Gasteiger partial charge in [-0.3, -0.25) is 0 Å². The van der Waals surface area contributed by atoms with E-state index in [0.29, 0.717) is 94.0 Å². The van der Waals surface area contributed by atoms with Gasteiger partial charge < -0.3 is 66.3 Å². The number of epoxide rings is 4. The van der Waals surface area contributed by atoms with Crippen LogP contribution in [0.1, 0.15) is 108 Å². The normalized spacial score (nSPS) is 21.3. The first-order valence-electron chi connectivity index (χ1n) is 24.0. The topological polar surface area (TPSA) is 142 Å². The van der Waals surface area contributed by atoms with Gasteiger partial charge in [-0.25, -0.2) is 0 Å². The Kier molecular flexibility index (Phi) is 33.1. The Hall–Kier alpha value is -0.560. The third-order valence-corrected chi connectivity index (χ3v) is 9.48. The van der Waals surface area contributed by atoms with E-state index >= 15 is 0 Å². The predicted molar refractivity (Wildman–Crippen MR) is 241 cm³/mol. The molecule has 4 rings (SSSR count). The van der Waals surface area contributed by atoms with Gasteiger partial charge in [0.1, 0.15) is 18.3 Å². The van der Waals surface area contributed by atoms with Crippen LogP contribution < -0.4 is 0 Å². The first-order chi connectivity index (χ1) is 29.7. The second-order valence-corrected chi connectivity index (χ2v) is 19.9. The Morgan fingerprint density at radius 1 is 0.452 bits per heavy atom. The molecule has 0 aliphatic carbocycles. The van der Waals surface area contributed by atoms with Gasteiger partial charge in [0.05, 0.1) is 97.6 Å². The van der Waals surface area contributed by atoms with E-state index in [4.69, 9.17) is 66.3 Å². The van der Waals surface area contributed by atoms with E-state index in [1.165, 1.54) is 0 Å². The minimum absolute atomic E-state index is 0.0744. The van der Waals surface area contributed by atoms with Crippen LogP contribution in [-0.2, 0) is 66.3 Å². The molecule has 4 fully saturated rings. The number of hydrogen-bond acceptors (Lipinski definition) is 14. The van der Waals surface area contributed by atoms with Crippen molar-refractivity contribution in [2.75, 3.05) is 145 Å². The van der Waals surface area contributed by atoms with Gasteiger partial charge in [-0.2, -0.15) is 0 Å². The molecule has 4 saturated heterocycles. The zero-order chi connectivity index (χ0) is 45.3. The molecular formula is C48H94O14. The van der Waals surface area contributed by atoms with E-state index in [1.54, 1.807) is 0 Å². The van der Waals surface area contributed by atoms with Crippen LogP contribution in [-0.4, -0.2) is 182 Å². The second kappa shape index (κ2) is 35.6.